The third-order valence-corrected chi connectivity index (χ3v) is 3.29. The number of hydrogen-bond donors (Lipinski definition) is 2. The Morgan fingerprint density at radius 3 is 2.50 bits per heavy atom. The molecule has 3 heteroatoms. The molecule has 0 aliphatic carbocycles. The Morgan fingerprint density at radius 1 is 1.25 bits per heavy atom. The third kappa shape index (κ3) is 2.97. The summed E-state index contributed by atoms with van der Waals surface area (Å²) in [6, 6.07) is 8.85. The zero-order valence-electron chi connectivity index (χ0n) is 9.95. The van der Waals surface area contributed by atoms with Crippen molar-refractivity contribution in [3.8, 4) is 0 Å². The van der Waals surface area contributed by atoms with E-state index in [9.17, 15) is 0 Å². The number of nitrogens with one attached hydrogen (secondary N) is 1. The molecule has 1 atom stereocenters. The molecule has 0 spiro atoms. The molecule has 3 N–H and O–H groups in total. The molecule has 3 nitrogen and oxygen atoms in total. The van der Waals surface area contributed by atoms with Gasteiger partial charge in [-0.15, -0.1) is 0 Å². The zero-order valence-corrected chi connectivity index (χ0v) is 9.95. The predicted octanol–water partition coefficient (Wildman–Crippen LogP) is 1.10. The van der Waals surface area contributed by atoms with Crippen molar-refractivity contribution in [2.24, 2.45) is 0 Å². The van der Waals surface area contributed by atoms with Crippen LogP contribution in [0.25, 0.3) is 0 Å². The van der Waals surface area contributed by atoms with Gasteiger partial charge in [-0.3, -0.25) is 4.90 Å². The Kier molecular flexibility index (Phi) is 3.80. The molecular weight excluding hydrogens is 198 g/mol. The van der Waals surface area contributed by atoms with Gasteiger partial charge in [0.15, 0.2) is 0 Å². The Morgan fingerprint density at radius 2 is 1.88 bits per heavy atom. The van der Waals surface area contributed by atoms with Crippen molar-refractivity contribution in [1.82, 2.24) is 10.2 Å². The van der Waals surface area contributed by atoms with Gasteiger partial charge < -0.3 is 11.1 Å². The maximum Gasteiger partial charge on any atom is 0.0314 e. The molecule has 0 aromatic heterocycles. The van der Waals surface area contributed by atoms with Gasteiger partial charge in [-0.25, -0.2) is 0 Å². The number of nitrogens with two attached hydrogens (primary N) is 1. The van der Waals surface area contributed by atoms with Gasteiger partial charge in [0.05, 0.1) is 0 Å². The van der Waals surface area contributed by atoms with Crippen LogP contribution < -0.4 is 11.1 Å². The lowest BCUT2D eigenvalue weighted by Gasteiger charge is -2.32. The van der Waals surface area contributed by atoms with E-state index in [2.05, 4.69) is 29.3 Å². The van der Waals surface area contributed by atoms with Gasteiger partial charge in [-0.1, -0.05) is 12.1 Å². The number of benzene rings is 1. The SMILES string of the molecule is CC(Cc1ccc(N)cc1)N1CCNCC1. The van der Waals surface area contributed by atoms with E-state index in [4.69, 9.17) is 5.73 Å². The highest BCUT2D eigenvalue weighted by Crippen LogP contribution is 2.11. The molecule has 1 heterocycles. The lowest BCUT2D eigenvalue weighted by molar-refractivity contribution is 0.183. The predicted molar refractivity (Wildman–Crippen MR) is 68.5 cm³/mol. The van der Waals surface area contributed by atoms with Crippen molar-refractivity contribution in [2.75, 3.05) is 31.9 Å². The first kappa shape index (κ1) is 11.4. The van der Waals surface area contributed by atoms with Crippen molar-refractivity contribution in [3.63, 3.8) is 0 Å². The second kappa shape index (κ2) is 5.32. The van der Waals surface area contributed by atoms with E-state index in [-0.39, 0.29) is 0 Å². The summed E-state index contributed by atoms with van der Waals surface area (Å²) in [5.41, 5.74) is 7.90. The smallest absolute Gasteiger partial charge is 0.0314 e. The largest absolute Gasteiger partial charge is 0.399 e. The Bertz CT molecular complexity index is 314. The highest BCUT2D eigenvalue weighted by Gasteiger charge is 2.16. The maximum absolute atomic E-state index is 5.68. The standard InChI is InChI=1S/C13H21N3/c1-11(16-8-6-15-7-9-16)10-12-2-4-13(14)5-3-12/h2-5,11,15H,6-10,14H2,1H3. The minimum Gasteiger partial charge on any atom is -0.399 e. The van der Waals surface area contributed by atoms with Crippen LogP contribution in [0, 0.1) is 0 Å². The van der Waals surface area contributed by atoms with Crippen molar-refractivity contribution in [2.45, 2.75) is 19.4 Å². The second-order valence-corrected chi connectivity index (χ2v) is 4.58. The number of nitrogens with zero attached hydrogens (tertiary/aromatic N) is 1. The van der Waals surface area contributed by atoms with Crippen LogP contribution in [0.2, 0.25) is 0 Å². The summed E-state index contributed by atoms with van der Waals surface area (Å²) in [5.74, 6) is 0. The van der Waals surface area contributed by atoms with Crippen LogP contribution in [0.15, 0.2) is 24.3 Å². The highest BCUT2D eigenvalue weighted by atomic mass is 15.2. The Hall–Kier alpha value is -1.06. The number of rotatable bonds is 3. The highest BCUT2D eigenvalue weighted by molar-refractivity contribution is 5.39. The molecule has 0 bridgehead atoms. The van der Waals surface area contributed by atoms with Crippen molar-refractivity contribution in [1.29, 1.82) is 0 Å². The van der Waals surface area contributed by atoms with E-state index >= 15 is 0 Å². The molecule has 1 aromatic carbocycles. The van der Waals surface area contributed by atoms with Crippen LogP contribution in [0.3, 0.4) is 0 Å². The summed E-state index contributed by atoms with van der Waals surface area (Å²) in [4.78, 5) is 2.55. The fourth-order valence-electron chi connectivity index (χ4n) is 2.25. The minimum absolute atomic E-state index is 0.616. The molecule has 2 rings (SSSR count). The van der Waals surface area contributed by atoms with Crippen LogP contribution in [0.1, 0.15) is 12.5 Å². The zero-order chi connectivity index (χ0) is 11.4. The lowest BCUT2D eigenvalue weighted by atomic mass is 10.1. The van der Waals surface area contributed by atoms with Crippen molar-refractivity contribution >= 4 is 5.69 Å². The van der Waals surface area contributed by atoms with E-state index in [1.165, 1.54) is 5.56 Å². The lowest BCUT2D eigenvalue weighted by Crippen LogP contribution is -2.48. The fraction of sp³-hybridized carbons (Fsp3) is 0.538. The molecule has 1 fully saturated rings. The van der Waals surface area contributed by atoms with Crippen molar-refractivity contribution < 1.29 is 0 Å². The first-order valence-corrected chi connectivity index (χ1v) is 6.05. The van der Waals surface area contributed by atoms with Gasteiger partial charge in [0.2, 0.25) is 0 Å². The number of piperazine rings is 1. The van der Waals surface area contributed by atoms with E-state index in [1.807, 2.05) is 12.1 Å². The van der Waals surface area contributed by atoms with Gasteiger partial charge in [0.1, 0.15) is 0 Å². The average Bonchev–Trinajstić information content (AvgIpc) is 2.33. The summed E-state index contributed by atoms with van der Waals surface area (Å²) in [6.45, 7) is 6.87. The second-order valence-electron chi connectivity index (χ2n) is 4.58. The quantitative estimate of drug-likeness (QED) is 0.748. The van der Waals surface area contributed by atoms with Crippen LogP contribution in [0.4, 0.5) is 5.69 Å². The molecular formula is C13H21N3. The van der Waals surface area contributed by atoms with Gasteiger partial charge in [0.25, 0.3) is 0 Å². The van der Waals surface area contributed by atoms with Crippen LogP contribution in [0.5, 0.6) is 0 Å². The van der Waals surface area contributed by atoms with Crippen LogP contribution >= 0.6 is 0 Å². The van der Waals surface area contributed by atoms with Crippen LogP contribution in [-0.4, -0.2) is 37.1 Å². The minimum atomic E-state index is 0.616. The molecule has 0 saturated carbocycles. The maximum atomic E-state index is 5.68. The molecule has 1 aliphatic heterocycles. The van der Waals surface area contributed by atoms with Gasteiger partial charge >= 0.3 is 0 Å². The summed E-state index contributed by atoms with van der Waals surface area (Å²) < 4.78 is 0. The van der Waals surface area contributed by atoms with E-state index in [0.717, 1.165) is 38.3 Å². The van der Waals surface area contributed by atoms with E-state index in [1.54, 1.807) is 0 Å². The normalized spacial score (nSPS) is 19.6. The third-order valence-electron chi connectivity index (χ3n) is 3.29. The van der Waals surface area contributed by atoms with Crippen LogP contribution in [-0.2, 0) is 6.42 Å². The van der Waals surface area contributed by atoms with E-state index < -0.39 is 0 Å². The number of hydrogen-bond acceptors (Lipinski definition) is 3. The monoisotopic (exact) mass is 219 g/mol. The summed E-state index contributed by atoms with van der Waals surface area (Å²) in [7, 11) is 0. The van der Waals surface area contributed by atoms with Crippen molar-refractivity contribution in [3.05, 3.63) is 29.8 Å². The molecule has 1 aromatic rings. The first-order valence-electron chi connectivity index (χ1n) is 6.05. The fourth-order valence-corrected chi connectivity index (χ4v) is 2.25. The van der Waals surface area contributed by atoms with Gasteiger partial charge in [0, 0.05) is 37.9 Å². The van der Waals surface area contributed by atoms with E-state index in [0.29, 0.717) is 6.04 Å². The molecule has 88 valence electrons. The van der Waals surface area contributed by atoms with Gasteiger partial charge in [-0.2, -0.15) is 0 Å². The van der Waals surface area contributed by atoms with Gasteiger partial charge in [-0.05, 0) is 31.0 Å². The Balaban J connectivity index is 1.90. The molecule has 16 heavy (non-hydrogen) atoms. The Labute approximate surface area is 97.6 Å². The molecule has 1 saturated heterocycles. The molecule has 1 unspecified atom stereocenters. The molecule has 1 aliphatic rings. The average molecular weight is 219 g/mol. The number of nitrogen functional groups attached to an aromatic ring is 1. The first-order chi connectivity index (χ1) is 7.75. The molecule has 0 amide bonds. The summed E-state index contributed by atoms with van der Waals surface area (Å²) in [5, 5.41) is 3.38. The summed E-state index contributed by atoms with van der Waals surface area (Å²) >= 11 is 0. The topological polar surface area (TPSA) is 41.3 Å². The summed E-state index contributed by atoms with van der Waals surface area (Å²) in [6.07, 6.45) is 1.11. The molecule has 0 radical (unpaired) electrons. The number of anilines is 1.